The lowest BCUT2D eigenvalue weighted by molar-refractivity contribution is -0.0387. The van der Waals surface area contributed by atoms with Crippen molar-refractivity contribution in [1.82, 2.24) is 0 Å². The Hall–Kier alpha value is -0.160. The van der Waals surface area contributed by atoms with Crippen molar-refractivity contribution in [2.45, 2.75) is 89.6 Å². The van der Waals surface area contributed by atoms with Crippen LogP contribution in [0.1, 0.15) is 65.2 Å². The van der Waals surface area contributed by atoms with Crippen molar-refractivity contribution in [1.29, 1.82) is 0 Å². The van der Waals surface area contributed by atoms with Crippen molar-refractivity contribution >= 4 is 0 Å². The first kappa shape index (κ1) is 18.2. The molecule has 144 valence electrons. The van der Waals surface area contributed by atoms with Crippen molar-refractivity contribution in [3.05, 3.63) is 0 Å². The van der Waals surface area contributed by atoms with Crippen LogP contribution in [0.15, 0.2) is 0 Å². The predicted molar refractivity (Wildman–Crippen MR) is 96.7 cm³/mol. The van der Waals surface area contributed by atoms with E-state index in [1.807, 2.05) is 0 Å². The summed E-state index contributed by atoms with van der Waals surface area (Å²) in [6.07, 6.45) is 12.0. The molecule has 4 aliphatic rings. The molecule has 2 saturated carbocycles. The predicted octanol–water partition coefficient (Wildman–Crippen LogP) is 3.96. The number of hydrogen-bond donors (Lipinski definition) is 0. The van der Waals surface area contributed by atoms with Crippen LogP contribution < -0.4 is 0 Å². The Bertz CT molecular complexity index is 376. The van der Waals surface area contributed by atoms with Crippen LogP contribution >= 0.6 is 0 Å². The van der Waals surface area contributed by atoms with Gasteiger partial charge in [-0.3, -0.25) is 0 Å². The summed E-state index contributed by atoms with van der Waals surface area (Å²) in [6.45, 7) is 8.50. The second-order valence-electron chi connectivity index (χ2n) is 9.35. The Morgan fingerprint density at radius 2 is 1.04 bits per heavy atom. The lowest BCUT2D eigenvalue weighted by atomic mass is 9.60. The fraction of sp³-hybridized carbons (Fsp3) is 1.00. The van der Waals surface area contributed by atoms with Crippen LogP contribution in [0.4, 0.5) is 0 Å². The molecule has 0 aromatic carbocycles. The SMILES string of the molecule is CC(C)([C@H]1CC[C@@H](OC[C@H]2CO2)CC1)[C@H]1CC[C@@H](OC[C@@H]2CO2)CC1. The molecule has 2 saturated heterocycles. The topological polar surface area (TPSA) is 43.5 Å². The molecule has 0 amide bonds. The molecule has 0 aromatic heterocycles. The molecule has 4 heteroatoms. The Labute approximate surface area is 152 Å². The van der Waals surface area contributed by atoms with E-state index in [0.29, 0.717) is 29.8 Å². The van der Waals surface area contributed by atoms with Crippen LogP contribution in [0.3, 0.4) is 0 Å². The molecule has 0 radical (unpaired) electrons. The van der Waals surface area contributed by atoms with Gasteiger partial charge in [-0.25, -0.2) is 0 Å². The first-order valence-corrected chi connectivity index (χ1v) is 10.6. The summed E-state index contributed by atoms with van der Waals surface area (Å²) in [4.78, 5) is 0. The molecule has 0 bridgehead atoms. The van der Waals surface area contributed by atoms with Gasteiger partial charge in [0, 0.05) is 0 Å². The fourth-order valence-electron chi connectivity index (χ4n) is 5.10. The molecule has 0 aromatic rings. The molecular formula is C21H36O4. The van der Waals surface area contributed by atoms with Gasteiger partial charge in [0.2, 0.25) is 0 Å². The minimum absolute atomic E-state index is 0.401. The molecule has 2 aliphatic carbocycles. The monoisotopic (exact) mass is 352 g/mol. The number of ether oxygens (including phenoxy) is 4. The summed E-state index contributed by atoms with van der Waals surface area (Å²) < 4.78 is 22.6. The van der Waals surface area contributed by atoms with Gasteiger partial charge in [0.25, 0.3) is 0 Å². The van der Waals surface area contributed by atoms with E-state index in [-0.39, 0.29) is 0 Å². The van der Waals surface area contributed by atoms with Crippen molar-refractivity contribution in [3.63, 3.8) is 0 Å². The van der Waals surface area contributed by atoms with E-state index in [2.05, 4.69) is 13.8 Å². The third-order valence-electron chi connectivity index (χ3n) is 7.29. The molecule has 2 heterocycles. The van der Waals surface area contributed by atoms with Gasteiger partial charge in [-0.2, -0.15) is 0 Å². The zero-order valence-corrected chi connectivity index (χ0v) is 16.1. The highest BCUT2D eigenvalue weighted by molar-refractivity contribution is 4.91. The molecule has 2 atom stereocenters. The highest BCUT2D eigenvalue weighted by Crippen LogP contribution is 2.48. The smallest absolute Gasteiger partial charge is 0.104 e. The zero-order valence-electron chi connectivity index (χ0n) is 16.1. The number of rotatable bonds is 8. The van der Waals surface area contributed by atoms with E-state index >= 15 is 0 Å². The molecule has 4 fully saturated rings. The van der Waals surface area contributed by atoms with Gasteiger partial charge in [0.15, 0.2) is 0 Å². The summed E-state index contributed by atoms with van der Waals surface area (Å²) in [6, 6.07) is 0. The normalized spacial score (nSPS) is 41.5. The second kappa shape index (κ2) is 7.84. The Morgan fingerprint density at radius 3 is 1.36 bits per heavy atom. The van der Waals surface area contributed by atoms with Gasteiger partial charge in [-0.15, -0.1) is 0 Å². The van der Waals surface area contributed by atoms with Crippen molar-refractivity contribution in [2.75, 3.05) is 26.4 Å². The average Bonchev–Trinajstić information content (AvgIpc) is 3.54. The third kappa shape index (κ3) is 4.97. The third-order valence-corrected chi connectivity index (χ3v) is 7.29. The van der Waals surface area contributed by atoms with E-state index in [4.69, 9.17) is 18.9 Å². The quantitative estimate of drug-likeness (QED) is 0.620. The van der Waals surface area contributed by atoms with E-state index in [9.17, 15) is 0 Å². The minimum Gasteiger partial charge on any atom is -0.375 e. The Balaban J connectivity index is 1.18. The van der Waals surface area contributed by atoms with E-state index < -0.39 is 0 Å². The lowest BCUT2D eigenvalue weighted by Gasteiger charge is -2.46. The number of epoxide rings is 2. The molecule has 2 aliphatic heterocycles. The maximum atomic E-state index is 6.03. The van der Waals surface area contributed by atoms with Crippen LogP contribution in [-0.4, -0.2) is 50.8 Å². The Kier molecular flexibility index (Phi) is 5.71. The molecular weight excluding hydrogens is 316 g/mol. The molecule has 0 N–H and O–H groups in total. The molecule has 4 nitrogen and oxygen atoms in total. The van der Waals surface area contributed by atoms with Crippen molar-refractivity contribution in [2.24, 2.45) is 17.3 Å². The van der Waals surface area contributed by atoms with Crippen molar-refractivity contribution in [3.8, 4) is 0 Å². The van der Waals surface area contributed by atoms with Crippen LogP contribution in [0, 0.1) is 17.3 Å². The van der Waals surface area contributed by atoms with Gasteiger partial charge in [0.05, 0.1) is 38.6 Å². The fourth-order valence-corrected chi connectivity index (χ4v) is 5.10. The standard InChI is InChI=1S/C21H36O4/c1-21(2,15-3-7-17(8-4-15)22-11-19-13-24-19)16-5-9-18(10-6-16)23-12-20-14-25-20/h15-20H,3-14H2,1-2H3/t15-,16-,17+,18+,19-,20+. The van der Waals surface area contributed by atoms with Crippen molar-refractivity contribution < 1.29 is 18.9 Å². The summed E-state index contributed by atoms with van der Waals surface area (Å²) in [5.41, 5.74) is 0.454. The molecule has 25 heavy (non-hydrogen) atoms. The average molecular weight is 353 g/mol. The highest BCUT2D eigenvalue weighted by atomic mass is 16.6. The largest absolute Gasteiger partial charge is 0.375 e. The molecule has 0 unspecified atom stereocenters. The van der Waals surface area contributed by atoms with Gasteiger partial charge < -0.3 is 18.9 Å². The van der Waals surface area contributed by atoms with Crippen LogP contribution in [0.2, 0.25) is 0 Å². The summed E-state index contributed by atoms with van der Waals surface area (Å²) in [5.74, 6) is 1.71. The molecule has 0 spiro atoms. The van der Waals surface area contributed by atoms with E-state index in [0.717, 1.165) is 38.3 Å². The van der Waals surface area contributed by atoms with Crippen LogP contribution in [0.5, 0.6) is 0 Å². The second-order valence-corrected chi connectivity index (χ2v) is 9.35. The van der Waals surface area contributed by atoms with Gasteiger partial charge in [0.1, 0.15) is 12.2 Å². The zero-order chi connectivity index (χ0) is 17.3. The first-order chi connectivity index (χ1) is 12.1. The van der Waals surface area contributed by atoms with Crippen LogP contribution in [-0.2, 0) is 18.9 Å². The van der Waals surface area contributed by atoms with Gasteiger partial charge in [-0.05, 0) is 68.6 Å². The first-order valence-electron chi connectivity index (χ1n) is 10.6. The Morgan fingerprint density at radius 1 is 0.680 bits per heavy atom. The summed E-state index contributed by atoms with van der Waals surface area (Å²) in [7, 11) is 0. The molecule has 4 rings (SSSR count). The van der Waals surface area contributed by atoms with Gasteiger partial charge in [-0.1, -0.05) is 13.8 Å². The number of hydrogen-bond acceptors (Lipinski definition) is 4. The maximum Gasteiger partial charge on any atom is 0.104 e. The maximum absolute atomic E-state index is 6.03. The van der Waals surface area contributed by atoms with E-state index in [1.165, 1.54) is 51.4 Å². The summed E-state index contributed by atoms with van der Waals surface area (Å²) in [5, 5.41) is 0. The lowest BCUT2D eigenvalue weighted by Crippen LogP contribution is -2.39. The van der Waals surface area contributed by atoms with Gasteiger partial charge >= 0.3 is 0 Å². The summed E-state index contributed by atoms with van der Waals surface area (Å²) >= 11 is 0. The minimum atomic E-state index is 0.401. The van der Waals surface area contributed by atoms with E-state index in [1.54, 1.807) is 0 Å². The van der Waals surface area contributed by atoms with Crippen LogP contribution in [0.25, 0.3) is 0 Å². The highest BCUT2D eigenvalue weighted by Gasteiger charge is 2.41.